The van der Waals surface area contributed by atoms with Gasteiger partial charge in [0.2, 0.25) is 11.8 Å². The van der Waals surface area contributed by atoms with Crippen molar-refractivity contribution in [2.45, 2.75) is 13.0 Å². The molecule has 0 saturated carbocycles. The first-order chi connectivity index (χ1) is 15.1. The molecule has 1 aliphatic heterocycles. The molecule has 1 atom stereocenters. The third-order valence-electron chi connectivity index (χ3n) is 5.52. The molecule has 4 rings (SSSR count). The zero-order valence-corrected chi connectivity index (χ0v) is 17.2. The Bertz CT molecular complexity index is 1100. The van der Waals surface area contributed by atoms with E-state index in [-0.39, 0.29) is 30.1 Å². The number of carbonyl (C=O) groups excluding carboxylic acids is 3. The van der Waals surface area contributed by atoms with Crippen molar-refractivity contribution in [1.29, 1.82) is 0 Å². The van der Waals surface area contributed by atoms with Gasteiger partial charge < -0.3 is 15.5 Å². The first-order valence-electron chi connectivity index (χ1n) is 10.5. The molecule has 2 N–H and O–H groups in total. The Balaban J connectivity index is 1.22. The SMILES string of the molecule is O=C(NCCNC(=O)[C@@H]1CC(=O)N(Cc2ccccc2)C1)c1ccc2ccccc2c1. The van der Waals surface area contributed by atoms with Crippen LogP contribution in [-0.2, 0) is 16.1 Å². The van der Waals surface area contributed by atoms with Crippen molar-refractivity contribution in [1.82, 2.24) is 15.5 Å². The lowest BCUT2D eigenvalue weighted by molar-refractivity contribution is -0.129. The first-order valence-corrected chi connectivity index (χ1v) is 10.5. The van der Waals surface area contributed by atoms with Gasteiger partial charge in [-0.3, -0.25) is 14.4 Å². The molecule has 0 unspecified atom stereocenters. The van der Waals surface area contributed by atoms with Crippen LogP contribution in [0.15, 0.2) is 72.8 Å². The number of rotatable bonds is 7. The highest BCUT2D eigenvalue weighted by atomic mass is 16.2. The van der Waals surface area contributed by atoms with Crippen molar-refractivity contribution in [3.05, 3.63) is 83.9 Å². The van der Waals surface area contributed by atoms with Crippen molar-refractivity contribution in [3.8, 4) is 0 Å². The van der Waals surface area contributed by atoms with Crippen LogP contribution < -0.4 is 10.6 Å². The van der Waals surface area contributed by atoms with E-state index in [0.29, 0.717) is 31.7 Å². The lowest BCUT2D eigenvalue weighted by atomic mass is 10.1. The molecule has 3 amide bonds. The number of fused-ring (bicyclic) bond motifs is 1. The Morgan fingerprint density at radius 1 is 0.871 bits per heavy atom. The van der Waals surface area contributed by atoms with Gasteiger partial charge in [-0.25, -0.2) is 0 Å². The summed E-state index contributed by atoms with van der Waals surface area (Å²) in [5.41, 5.74) is 1.64. The molecule has 0 aromatic heterocycles. The van der Waals surface area contributed by atoms with E-state index in [1.165, 1.54) is 0 Å². The summed E-state index contributed by atoms with van der Waals surface area (Å²) in [6.45, 7) is 1.58. The van der Waals surface area contributed by atoms with Crippen LogP contribution in [0.5, 0.6) is 0 Å². The van der Waals surface area contributed by atoms with Gasteiger partial charge in [-0.2, -0.15) is 0 Å². The van der Waals surface area contributed by atoms with Gasteiger partial charge in [0.05, 0.1) is 5.92 Å². The van der Waals surface area contributed by atoms with E-state index in [1.807, 2.05) is 66.7 Å². The minimum Gasteiger partial charge on any atom is -0.354 e. The third kappa shape index (κ3) is 5.09. The van der Waals surface area contributed by atoms with Crippen molar-refractivity contribution in [3.63, 3.8) is 0 Å². The van der Waals surface area contributed by atoms with Gasteiger partial charge in [0, 0.05) is 38.2 Å². The summed E-state index contributed by atoms with van der Waals surface area (Å²) in [4.78, 5) is 38.8. The van der Waals surface area contributed by atoms with E-state index in [9.17, 15) is 14.4 Å². The fourth-order valence-electron chi connectivity index (χ4n) is 3.84. The third-order valence-corrected chi connectivity index (χ3v) is 5.52. The Kier molecular flexibility index (Phi) is 6.26. The van der Waals surface area contributed by atoms with E-state index < -0.39 is 0 Å². The molecular formula is C25H25N3O3. The fraction of sp³-hybridized carbons (Fsp3) is 0.240. The summed E-state index contributed by atoms with van der Waals surface area (Å²) >= 11 is 0. The molecule has 1 fully saturated rings. The highest BCUT2D eigenvalue weighted by Gasteiger charge is 2.33. The van der Waals surface area contributed by atoms with Crippen LogP contribution in [0, 0.1) is 5.92 Å². The van der Waals surface area contributed by atoms with Gasteiger partial charge in [-0.15, -0.1) is 0 Å². The van der Waals surface area contributed by atoms with Crippen LogP contribution in [0.25, 0.3) is 10.8 Å². The van der Waals surface area contributed by atoms with Gasteiger partial charge in [0.25, 0.3) is 5.91 Å². The number of hydrogen-bond acceptors (Lipinski definition) is 3. The molecule has 3 aromatic carbocycles. The fourth-order valence-corrected chi connectivity index (χ4v) is 3.84. The summed E-state index contributed by atoms with van der Waals surface area (Å²) in [5, 5.41) is 7.75. The van der Waals surface area contributed by atoms with Gasteiger partial charge in [0.1, 0.15) is 0 Å². The largest absolute Gasteiger partial charge is 0.354 e. The molecule has 0 radical (unpaired) electrons. The van der Waals surface area contributed by atoms with Crippen LogP contribution in [0.3, 0.4) is 0 Å². The molecule has 1 saturated heterocycles. The smallest absolute Gasteiger partial charge is 0.251 e. The normalized spacial score (nSPS) is 15.8. The average Bonchev–Trinajstić information content (AvgIpc) is 3.17. The minimum atomic E-state index is -0.354. The molecule has 3 aromatic rings. The Labute approximate surface area is 181 Å². The maximum atomic E-state index is 12.4. The Morgan fingerprint density at radius 3 is 2.39 bits per heavy atom. The maximum Gasteiger partial charge on any atom is 0.251 e. The molecule has 0 spiro atoms. The van der Waals surface area contributed by atoms with Gasteiger partial charge in [0.15, 0.2) is 0 Å². The molecule has 1 aliphatic rings. The first kappa shape index (κ1) is 20.6. The number of amides is 3. The topological polar surface area (TPSA) is 78.5 Å². The molecule has 31 heavy (non-hydrogen) atoms. The molecule has 158 valence electrons. The molecule has 1 heterocycles. The molecule has 0 bridgehead atoms. The molecule has 6 nitrogen and oxygen atoms in total. The Morgan fingerprint density at radius 2 is 1.58 bits per heavy atom. The lowest BCUT2D eigenvalue weighted by Gasteiger charge is -2.16. The van der Waals surface area contributed by atoms with E-state index in [1.54, 1.807) is 11.0 Å². The molecular weight excluding hydrogens is 390 g/mol. The van der Waals surface area contributed by atoms with Crippen LogP contribution in [-0.4, -0.2) is 42.3 Å². The van der Waals surface area contributed by atoms with Crippen molar-refractivity contribution in [2.24, 2.45) is 5.92 Å². The highest BCUT2D eigenvalue weighted by molar-refractivity contribution is 5.98. The second kappa shape index (κ2) is 9.43. The summed E-state index contributed by atoms with van der Waals surface area (Å²) in [6.07, 6.45) is 0.224. The average molecular weight is 415 g/mol. The standard InChI is InChI=1S/C25H25N3O3/c29-23-15-22(17-28(23)16-18-6-2-1-3-7-18)25(31)27-13-12-26-24(30)21-11-10-19-8-4-5-9-20(19)14-21/h1-11,14,22H,12-13,15-17H2,(H,26,30)(H,27,31)/t22-/m1/s1. The summed E-state index contributed by atoms with van der Waals surface area (Å²) in [6, 6.07) is 23.2. The van der Waals surface area contributed by atoms with E-state index in [2.05, 4.69) is 10.6 Å². The number of nitrogens with one attached hydrogen (secondary N) is 2. The summed E-state index contributed by atoms with van der Waals surface area (Å²) < 4.78 is 0. The molecule has 0 aliphatic carbocycles. The van der Waals surface area contributed by atoms with Gasteiger partial charge >= 0.3 is 0 Å². The number of hydrogen-bond donors (Lipinski definition) is 2. The minimum absolute atomic E-state index is 0.00592. The quantitative estimate of drug-likeness (QED) is 0.583. The molecule has 6 heteroatoms. The van der Waals surface area contributed by atoms with Crippen molar-refractivity contribution < 1.29 is 14.4 Å². The summed E-state index contributed by atoms with van der Waals surface area (Å²) in [5.74, 6) is -0.685. The predicted molar refractivity (Wildman–Crippen MR) is 119 cm³/mol. The number of likely N-dealkylation sites (tertiary alicyclic amines) is 1. The highest BCUT2D eigenvalue weighted by Crippen LogP contribution is 2.20. The summed E-state index contributed by atoms with van der Waals surface area (Å²) in [7, 11) is 0. The van der Waals surface area contributed by atoms with E-state index in [0.717, 1.165) is 16.3 Å². The van der Waals surface area contributed by atoms with Crippen molar-refractivity contribution >= 4 is 28.5 Å². The monoisotopic (exact) mass is 415 g/mol. The second-order valence-corrected chi connectivity index (χ2v) is 7.77. The Hall–Kier alpha value is -3.67. The van der Waals surface area contributed by atoms with Crippen LogP contribution in [0.1, 0.15) is 22.3 Å². The van der Waals surface area contributed by atoms with Crippen LogP contribution >= 0.6 is 0 Å². The maximum absolute atomic E-state index is 12.4. The van der Waals surface area contributed by atoms with Crippen LogP contribution in [0.2, 0.25) is 0 Å². The van der Waals surface area contributed by atoms with Gasteiger partial charge in [-0.1, -0.05) is 60.7 Å². The van der Waals surface area contributed by atoms with Crippen LogP contribution in [0.4, 0.5) is 0 Å². The van der Waals surface area contributed by atoms with E-state index >= 15 is 0 Å². The zero-order chi connectivity index (χ0) is 21.6. The number of carbonyl (C=O) groups is 3. The lowest BCUT2D eigenvalue weighted by Crippen LogP contribution is -2.38. The van der Waals surface area contributed by atoms with E-state index in [4.69, 9.17) is 0 Å². The predicted octanol–water partition coefficient (Wildman–Crippen LogP) is 2.73. The van der Waals surface area contributed by atoms with Gasteiger partial charge in [-0.05, 0) is 28.5 Å². The number of benzene rings is 3. The van der Waals surface area contributed by atoms with Crippen molar-refractivity contribution in [2.75, 3.05) is 19.6 Å². The second-order valence-electron chi connectivity index (χ2n) is 7.77. The number of nitrogens with zero attached hydrogens (tertiary/aromatic N) is 1. The zero-order valence-electron chi connectivity index (χ0n) is 17.2.